The molecule has 2 atom stereocenters. The van der Waals surface area contributed by atoms with Crippen molar-refractivity contribution < 1.29 is 24.9 Å². The Balaban J connectivity index is 2.33. The van der Waals surface area contributed by atoms with Gasteiger partial charge in [-0.25, -0.2) is 0 Å². The molecule has 6 N–H and O–H groups in total. The molecule has 0 aromatic heterocycles. The number of hydrogen-bond acceptors (Lipinski definition) is 5. The standard InChI is InChI=1S/C13H18N2O5/c14-10(13(19)20)5-6-12(18)15-7-11(17)8-1-3-9(16)4-2-8/h1-4,10-11,16-17H,5-7,14H2,(H,15,18)(H,19,20)/t10-,11-/m0/s1. The van der Waals surface area contributed by atoms with Crippen molar-refractivity contribution in [2.75, 3.05) is 6.54 Å². The molecule has 1 rings (SSSR count). The highest BCUT2D eigenvalue weighted by Gasteiger charge is 2.14. The fraction of sp³-hybridized carbons (Fsp3) is 0.385. The number of carboxylic acid groups (broad SMARTS) is 1. The van der Waals surface area contributed by atoms with Gasteiger partial charge >= 0.3 is 5.97 Å². The molecule has 7 heteroatoms. The third-order valence-electron chi connectivity index (χ3n) is 2.77. The number of hydrogen-bond donors (Lipinski definition) is 5. The Labute approximate surface area is 116 Å². The van der Waals surface area contributed by atoms with Crippen LogP contribution in [0.4, 0.5) is 0 Å². The lowest BCUT2D eigenvalue weighted by Gasteiger charge is -2.13. The largest absolute Gasteiger partial charge is 0.508 e. The van der Waals surface area contributed by atoms with E-state index >= 15 is 0 Å². The van der Waals surface area contributed by atoms with E-state index in [0.29, 0.717) is 5.56 Å². The zero-order valence-electron chi connectivity index (χ0n) is 10.8. The van der Waals surface area contributed by atoms with Gasteiger partial charge in [-0.1, -0.05) is 12.1 Å². The molecule has 20 heavy (non-hydrogen) atoms. The van der Waals surface area contributed by atoms with Gasteiger partial charge in [-0.05, 0) is 24.1 Å². The molecule has 0 aliphatic carbocycles. The number of rotatable bonds is 7. The first-order valence-corrected chi connectivity index (χ1v) is 6.12. The van der Waals surface area contributed by atoms with Crippen molar-refractivity contribution in [1.82, 2.24) is 5.32 Å². The van der Waals surface area contributed by atoms with Crippen LogP contribution >= 0.6 is 0 Å². The molecule has 0 fully saturated rings. The first-order valence-electron chi connectivity index (χ1n) is 6.12. The molecule has 0 heterocycles. The van der Waals surface area contributed by atoms with E-state index in [0.717, 1.165) is 0 Å². The summed E-state index contributed by atoms with van der Waals surface area (Å²) in [6, 6.07) is 4.90. The minimum absolute atomic E-state index is 0.00587. The van der Waals surface area contributed by atoms with Crippen molar-refractivity contribution in [3.8, 4) is 5.75 Å². The Hall–Kier alpha value is -2.12. The normalized spacial score (nSPS) is 13.5. The Morgan fingerprint density at radius 1 is 1.25 bits per heavy atom. The van der Waals surface area contributed by atoms with Gasteiger partial charge in [-0.15, -0.1) is 0 Å². The smallest absolute Gasteiger partial charge is 0.320 e. The number of nitrogens with one attached hydrogen (secondary N) is 1. The average Bonchev–Trinajstić information content (AvgIpc) is 2.42. The molecule has 0 aliphatic rings. The van der Waals surface area contributed by atoms with Gasteiger partial charge in [0.25, 0.3) is 0 Å². The van der Waals surface area contributed by atoms with E-state index in [9.17, 15) is 14.7 Å². The third kappa shape index (κ3) is 5.25. The number of phenols is 1. The number of aromatic hydroxyl groups is 1. The molecule has 110 valence electrons. The molecule has 1 aromatic rings. The number of aliphatic hydroxyl groups excluding tert-OH is 1. The van der Waals surface area contributed by atoms with Crippen LogP contribution in [0, 0.1) is 0 Å². The summed E-state index contributed by atoms with van der Waals surface area (Å²) in [5, 5.41) is 30.0. The molecule has 0 radical (unpaired) electrons. The minimum Gasteiger partial charge on any atom is -0.508 e. The SMILES string of the molecule is N[C@@H](CCC(=O)NC[C@H](O)c1ccc(O)cc1)C(=O)O. The molecule has 0 saturated heterocycles. The van der Waals surface area contributed by atoms with Crippen LogP contribution < -0.4 is 11.1 Å². The van der Waals surface area contributed by atoms with E-state index in [1.54, 1.807) is 12.1 Å². The molecular formula is C13H18N2O5. The molecule has 0 unspecified atom stereocenters. The fourth-order valence-electron chi connectivity index (χ4n) is 1.52. The number of benzene rings is 1. The number of aliphatic carboxylic acids is 1. The van der Waals surface area contributed by atoms with Crippen LogP contribution in [-0.4, -0.2) is 39.8 Å². The molecule has 0 saturated carbocycles. The van der Waals surface area contributed by atoms with E-state index in [1.807, 2.05) is 0 Å². The number of nitrogens with two attached hydrogens (primary N) is 1. The van der Waals surface area contributed by atoms with Crippen molar-refractivity contribution in [2.24, 2.45) is 5.73 Å². The third-order valence-corrected chi connectivity index (χ3v) is 2.77. The zero-order chi connectivity index (χ0) is 15.1. The lowest BCUT2D eigenvalue weighted by Crippen LogP contribution is -2.33. The summed E-state index contributed by atoms with van der Waals surface area (Å²) in [5.74, 6) is -1.44. The second-order valence-corrected chi connectivity index (χ2v) is 4.39. The summed E-state index contributed by atoms with van der Waals surface area (Å²) in [5.41, 5.74) is 5.83. The first-order chi connectivity index (χ1) is 9.40. The molecule has 1 aromatic carbocycles. The van der Waals surface area contributed by atoms with Gasteiger partial charge in [0.1, 0.15) is 11.8 Å². The number of aliphatic hydroxyl groups is 1. The minimum atomic E-state index is -1.15. The van der Waals surface area contributed by atoms with Crippen molar-refractivity contribution >= 4 is 11.9 Å². The molecule has 1 amide bonds. The lowest BCUT2D eigenvalue weighted by molar-refractivity contribution is -0.138. The Morgan fingerprint density at radius 2 is 1.85 bits per heavy atom. The summed E-state index contributed by atoms with van der Waals surface area (Å²) < 4.78 is 0. The van der Waals surface area contributed by atoms with E-state index in [-0.39, 0.29) is 31.0 Å². The van der Waals surface area contributed by atoms with Gasteiger partial charge in [-0.3, -0.25) is 9.59 Å². The lowest BCUT2D eigenvalue weighted by atomic mass is 10.1. The van der Waals surface area contributed by atoms with Crippen LogP contribution in [0.3, 0.4) is 0 Å². The Bertz CT molecular complexity index is 460. The number of carbonyl (C=O) groups is 2. The number of carboxylic acids is 1. The summed E-state index contributed by atoms with van der Waals surface area (Å²) in [7, 11) is 0. The Kier molecular flexibility index (Phi) is 5.95. The van der Waals surface area contributed by atoms with Crippen molar-refractivity contribution in [3.05, 3.63) is 29.8 Å². The highest BCUT2D eigenvalue weighted by Crippen LogP contribution is 2.16. The van der Waals surface area contributed by atoms with Crippen LogP contribution in [0.5, 0.6) is 5.75 Å². The van der Waals surface area contributed by atoms with Gasteiger partial charge in [0, 0.05) is 13.0 Å². The van der Waals surface area contributed by atoms with Crippen molar-refractivity contribution in [3.63, 3.8) is 0 Å². The van der Waals surface area contributed by atoms with Crippen LogP contribution in [0.1, 0.15) is 24.5 Å². The maximum atomic E-state index is 11.4. The molecule has 0 bridgehead atoms. The van der Waals surface area contributed by atoms with Crippen LogP contribution in [0.2, 0.25) is 0 Å². The van der Waals surface area contributed by atoms with E-state index < -0.39 is 18.1 Å². The maximum absolute atomic E-state index is 11.4. The molecule has 0 spiro atoms. The number of amides is 1. The van der Waals surface area contributed by atoms with E-state index in [4.69, 9.17) is 15.9 Å². The predicted octanol–water partition coefficient (Wildman–Crippen LogP) is -0.266. The summed E-state index contributed by atoms with van der Waals surface area (Å²) in [4.78, 5) is 21.9. The average molecular weight is 282 g/mol. The first kappa shape index (κ1) is 15.9. The molecule has 7 nitrogen and oxygen atoms in total. The second kappa shape index (κ2) is 7.46. The number of carbonyl (C=O) groups excluding carboxylic acids is 1. The van der Waals surface area contributed by atoms with Crippen LogP contribution in [0.15, 0.2) is 24.3 Å². The van der Waals surface area contributed by atoms with Crippen LogP contribution in [-0.2, 0) is 9.59 Å². The second-order valence-electron chi connectivity index (χ2n) is 4.39. The van der Waals surface area contributed by atoms with E-state index in [2.05, 4.69) is 5.32 Å². The van der Waals surface area contributed by atoms with Gasteiger partial charge in [0.2, 0.25) is 5.91 Å². The fourth-order valence-corrected chi connectivity index (χ4v) is 1.52. The zero-order valence-corrected chi connectivity index (χ0v) is 10.8. The number of phenolic OH excluding ortho intramolecular Hbond substituents is 1. The van der Waals surface area contributed by atoms with Gasteiger partial charge in [0.15, 0.2) is 0 Å². The highest BCUT2D eigenvalue weighted by atomic mass is 16.4. The van der Waals surface area contributed by atoms with Crippen molar-refractivity contribution in [1.29, 1.82) is 0 Å². The molecule has 0 aliphatic heterocycles. The summed E-state index contributed by atoms with van der Waals surface area (Å²) >= 11 is 0. The topological polar surface area (TPSA) is 133 Å². The highest BCUT2D eigenvalue weighted by molar-refractivity contribution is 5.78. The predicted molar refractivity (Wildman–Crippen MR) is 70.9 cm³/mol. The van der Waals surface area contributed by atoms with E-state index in [1.165, 1.54) is 12.1 Å². The quantitative estimate of drug-likeness (QED) is 0.467. The van der Waals surface area contributed by atoms with Gasteiger partial charge < -0.3 is 26.4 Å². The summed E-state index contributed by atoms with van der Waals surface area (Å²) in [6.45, 7) is 0.00587. The monoisotopic (exact) mass is 282 g/mol. The van der Waals surface area contributed by atoms with Gasteiger partial charge in [0.05, 0.1) is 6.10 Å². The summed E-state index contributed by atoms with van der Waals surface area (Å²) in [6.07, 6.45) is -0.876. The van der Waals surface area contributed by atoms with Crippen molar-refractivity contribution in [2.45, 2.75) is 25.0 Å². The van der Waals surface area contributed by atoms with Crippen LogP contribution in [0.25, 0.3) is 0 Å². The Morgan fingerprint density at radius 3 is 2.40 bits per heavy atom. The molecular weight excluding hydrogens is 264 g/mol. The van der Waals surface area contributed by atoms with Gasteiger partial charge in [-0.2, -0.15) is 0 Å². The maximum Gasteiger partial charge on any atom is 0.320 e.